The Morgan fingerprint density at radius 2 is 1.83 bits per heavy atom. The summed E-state index contributed by atoms with van der Waals surface area (Å²) in [4.78, 5) is 19.3. The predicted molar refractivity (Wildman–Crippen MR) is 130 cm³/mol. The van der Waals surface area contributed by atoms with Gasteiger partial charge in [0, 0.05) is 38.3 Å². The number of amides is 1. The van der Waals surface area contributed by atoms with Gasteiger partial charge in [-0.3, -0.25) is 14.7 Å². The van der Waals surface area contributed by atoms with E-state index in [0.29, 0.717) is 30.2 Å². The molecular formula is C20H33ClIN5O2. The van der Waals surface area contributed by atoms with Crippen LogP contribution in [0.2, 0.25) is 5.02 Å². The molecule has 0 saturated carbocycles. The Labute approximate surface area is 196 Å². The summed E-state index contributed by atoms with van der Waals surface area (Å²) in [7, 11) is 0. The third kappa shape index (κ3) is 8.65. The highest BCUT2D eigenvalue weighted by Gasteiger charge is 2.28. The van der Waals surface area contributed by atoms with Crippen LogP contribution in [0, 0.1) is 0 Å². The lowest BCUT2D eigenvalue weighted by Crippen LogP contribution is -2.52. The minimum absolute atomic E-state index is 0. The monoisotopic (exact) mass is 537 g/mol. The predicted octanol–water partition coefficient (Wildman–Crippen LogP) is 2.35. The molecule has 7 nitrogen and oxygen atoms in total. The zero-order valence-electron chi connectivity index (χ0n) is 17.5. The molecule has 1 aromatic rings. The molecule has 29 heavy (non-hydrogen) atoms. The number of hydrogen-bond donors (Lipinski definition) is 3. The van der Waals surface area contributed by atoms with Crippen LogP contribution in [0.1, 0.15) is 31.1 Å². The number of rotatable bonds is 8. The normalized spacial score (nSPS) is 15.4. The topological polar surface area (TPSA) is 78.0 Å². The summed E-state index contributed by atoms with van der Waals surface area (Å²) in [5.74, 6) is 0.568. The molecule has 1 heterocycles. The van der Waals surface area contributed by atoms with E-state index in [0.717, 1.165) is 38.8 Å². The highest BCUT2D eigenvalue weighted by atomic mass is 127. The molecule has 1 aromatic carbocycles. The zero-order chi connectivity index (χ0) is 20.4. The molecule has 2 rings (SSSR count). The summed E-state index contributed by atoms with van der Waals surface area (Å²) in [6.07, 6.45) is 0. The number of ether oxygens (including phenoxy) is 1. The second kappa shape index (κ2) is 13.3. The number of carbonyl (C=O) groups excluding carboxylic acids is 1. The van der Waals surface area contributed by atoms with Crippen molar-refractivity contribution >= 4 is 47.4 Å². The van der Waals surface area contributed by atoms with Crippen molar-refractivity contribution in [1.82, 2.24) is 20.9 Å². The molecule has 1 aliphatic rings. The number of hydrogen-bond acceptors (Lipinski definition) is 4. The quantitative estimate of drug-likeness (QED) is 0.205. The molecule has 0 unspecified atom stereocenters. The average Bonchev–Trinajstić information content (AvgIpc) is 2.70. The minimum Gasteiger partial charge on any atom is -0.379 e. The number of nitrogens with zero attached hydrogens (tertiary/aromatic N) is 2. The molecule has 1 amide bonds. The summed E-state index contributed by atoms with van der Waals surface area (Å²) >= 11 is 6.05. The lowest BCUT2D eigenvalue weighted by atomic mass is 10.0. The van der Waals surface area contributed by atoms with Crippen molar-refractivity contribution in [1.29, 1.82) is 0 Å². The maximum absolute atomic E-state index is 12.2. The Morgan fingerprint density at radius 1 is 1.17 bits per heavy atom. The molecule has 1 saturated heterocycles. The van der Waals surface area contributed by atoms with Gasteiger partial charge in [-0.05, 0) is 32.9 Å². The van der Waals surface area contributed by atoms with Crippen molar-refractivity contribution in [2.45, 2.75) is 26.3 Å². The molecule has 164 valence electrons. The fraction of sp³-hybridized carbons (Fsp3) is 0.600. The first-order valence-corrected chi connectivity index (χ1v) is 10.2. The Morgan fingerprint density at radius 3 is 2.48 bits per heavy atom. The van der Waals surface area contributed by atoms with Gasteiger partial charge in [-0.1, -0.05) is 23.7 Å². The standard InChI is InChI=1S/C20H32ClN5O2.HI/c1-4-22-19(25-15-20(2,3)26-11-13-28-14-12-26)24-10-9-23-18(27)16-7-5-6-8-17(16)21;/h5-8H,4,9-15H2,1-3H3,(H,23,27)(H2,22,24,25);1H. The highest BCUT2D eigenvalue weighted by molar-refractivity contribution is 14.0. The molecule has 1 aliphatic heterocycles. The Balaban J connectivity index is 0.00000420. The number of nitrogens with one attached hydrogen (secondary N) is 3. The van der Waals surface area contributed by atoms with E-state index in [4.69, 9.17) is 21.3 Å². The van der Waals surface area contributed by atoms with Crippen LogP contribution in [-0.4, -0.2) is 74.8 Å². The summed E-state index contributed by atoms with van der Waals surface area (Å²) in [6.45, 7) is 12.3. The van der Waals surface area contributed by atoms with Crippen LogP contribution in [0.15, 0.2) is 29.3 Å². The van der Waals surface area contributed by atoms with Gasteiger partial charge in [-0.2, -0.15) is 0 Å². The molecule has 0 aromatic heterocycles. The van der Waals surface area contributed by atoms with Crippen molar-refractivity contribution in [3.63, 3.8) is 0 Å². The van der Waals surface area contributed by atoms with Gasteiger partial charge in [0.25, 0.3) is 5.91 Å². The van der Waals surface area contributed by atoms with Crippen molar-refractivity contribution in [2.75, 3.05) is 52.5 Å². The number of morpholine rings is 1. The van der Waals surface area contributed by atoms with Crippen LogP contribution in [-0.2, 0) is 4.74 Å². The Hall–Kier alpha value is -1.10. The van der Waals surface area contributed by atoms with Crippen LogP contribution in [0.5, 0.6) is 0 Å². The number of carbonyl (C=O) groups is 1. The number of guanidine groups is 1. The maximum atomic E-state index is 12.2. The average molecular weight is 538 g/mol. The Kier molecular flexibility index (Phi) is 11.9. The first kappa shape index (κ1) is 25.9. The first-order valence-electron chi connectivity index (χ1n) is 9.82. The van der Waals surface area contributed by atoms with Crippen molar-refractivity contribution in [3.8, 4) is 0 Å². The van der Waals surface area contributed by atoms with Gasteiger partial charge < -0.3 is 20.7 Å². The van der Waals surface area contributed by atoms with Crippen molar-refractivity contribution in [3.05, 3.63) is 34.9 Å². The molecule has 0 radical (unpaired) electrons. The molecule has 1 fully saturated rings. The second-order valence-corrected chi connectivity index (χ2v) is 7.68. The van der Waals surface area contributed by atoms with Crippen LogP contribution < -0.4 is 16.0 Å². The fourth-order valence-electron chi connectivity index (χ4n) is 2.98. The van der Waals surface area contributed by atoms with Crippen LogP contribution in [0.25, 0.3) is 0 Å². The zero-order valence-corrected chi connectivity index (χ0v) is 20.5. The summed E-state index contributed by atoms with van der Waals surface area (Å²) in [6, 6.07) is 7.02. The van der Waals surface area contributed by atoms with Crippen LogP contribution >= 0.6 is 35.6 Å². The smallest absolute Gasteiger partial charge is 0.252 e. The molecule has 3 N–H and O–H groups in total. The van der Waals surface area contributed by atoms with E-state index in [2.05, 4.69) is 34.7 Å². The van der Waals surface area contributed by atoms with Gasteiger partial charge in [0.2, 0.25) is 0 Å². The lowest BCUT2D eigenvalue weighted by Gasteiger charge is -2.39. The lowest BCUT2D eigenvalue weighted by molar-refractivity contribution is -0.00683. The van der Waals surface area contributed by atoms with E-state index in [1.54, 1.807) is 24.3 Å². The largest absolute Gasteiger partial charge is 0.379 e. The van der Waals surface area contributed by atoms with Crippen molar-refractivity contribution in [2.24, 2.45) is 4.99 Å². The van der Waals surface area contributed by atoms with E-state index in [9.17, 15) is 4.79 Å². The minimum atomic E-state index is -0.178. The molecule has 0 atom stereocenters. The number of benzene rings is 1. The van der Waals surface area contributed by atoms with Gasteiger partial charge in [0.05, 0.1) is 30.3 Å². The second-order valence-electron chi connectivity index (χ2n) is 7.27. The molecule has 0 bridgehead atoms. The van der Waals surface area contributed by atoms with Crippen molar-refractivity contribution < 1.29 is 9.53 Å². The van der Waals surface area contributed by atoms with E-state index < -0.39 is 0 Å². The molecular weight excluding hydrogens is 505 g/mol. The van der Waals surface area contributed by atoms with Gasteiger partial charge in [0.1, 0.15) is 0 Å². The molecule has 0 spiro atoms. The van der Waals surface area contributed by atoms with Crippen LogP contribution in [0.3, 0.4) is 0 Å². The maximum Gasteiger partial charge on any atom is 0.252 e. The van der Waals surface area contributed by atoms with E-state index >= 15 is 0 Å². The SMILES string of the molecule is CCNC(=NCC(C)(C)N1CCOCC1)NCCNC(=O)c1ccccc1Cl.I. The van der Waals surface area contributed by atoms with Crippen LogP contribution in [0.4, 0.5) is 0 Å². The third-order valence-corrected chi connectivity index (χ3v) is 4.99. The van der Waals surface area contributed by atoms with E-state index in [1.165, 1.54) is 0 Å². The highest BCUT2D eigenvalue weighted by Crippen LogP contribution is 2.16. The van der Waals surface area contributed by atoms with Gasteiger partial charge in [-0.15, -0.1) is 24.0 Å². The molecule has 9 heteroatoms. The van der Waals surface area contributed by atoms with E-state index in [1.807, 2.05) is 6.92 Å². The molecule has 0 aliphatic carbocycles. The summed E-state index contributed by atoms with van der Waals surface area (Å²) in [5, 5.41) is 9.84. The number of halogens is 2. The first-order chi connectivity index (χ1) is 13.4. The fourth-order valence-corrected chi connectivity index (χ4v) is 3.20. The van der Waals surface area contributed by atoms with Gasteiger partial charge in [0.15, 0.2) is 5.96 Å². The Bertz CT molecular complexity index is 666. The van der Waals surface area contributed by atoms with Gasteiger partial charge in [-0.25, -0.2) is 0 Å². The third-order valence-electron chi connectivity index (χ3n) is 4.66. The van der Waals surface area contributed by atoms with Gasteiger partial charge >= 0.3 is 0 Å². The summed E-state index contributed by atoms with van der Waals surface area (Å²) < 4.78 is 5.44. The number of aliphatic imine (C=N–C) groups is 1. The summed E-state index contributed by atoms with van der Waals surface area (Å²) in [5.41, 5.74) is 0.446. The van der Waals surface area contributed by atoms with E-state index in [-0.39, 0.29) is 35.4 Å².